The van der Waals surface area contributed by atoms with Crippen LogP contribution in [0.5, 0.6) is 0 Å². The number of amidine groups is 1. The van der Waals surface area contributed by atoms with Crippen LogP contribution >= 0.6 is 0 Å². The van der Waals surface area contributed by atoms with E-state index in [9.17, 15) is 5.11 Å². The summed E-state index contributed by atoms with van der Waals surface area (Å²) in [7, 11) is 0. The molecule has 3 N–H and O–H groups in total. The fourth-order valence-electron chi connectivity index (χ4n) is 2.11. The Morgan fingerprint density at radius 2 is 2.12 bits per heavy atom. The van der Waals surface area contributed by atoms with Gasteiger partial charge in [-0.05, 0) is 19.3 Å². The molecular weight excluding hydrogens is 214 g/mol. The lowest BCUT2D eigenvalue weighted by molar-refractivity contribution is 0.0936. The molecule has 0 spiro atoms. The van der Waals surface area contributed by atoms with Crippen LogP contribution in [0.15, 0.2) is 35.4 Å². The Labute approximate surface area is 102 Å². The average Bonchev–Trinajstić information content (AvgIpc) is 2.40. The van der Waals surface area contributed by atoms with E-state index in [1.54, 1.807) is 0 Å². The maximum Gasteiger partial charge on any atom is 0.150 e. The van der Waals surface area contributed by atoms with E-state index in [0.717, 1.165) is 31.4 Å². The third kappa shape index (κ3) is 2.97. The molecule has 1 atom stereocenters. The number of piperidine rings is 1. The Morgan fingerprint density at radius 3 is 2.82 bits per heavy atom. The van der Waals surface area contributed by atoms with Gasteiger partial charge in [0.05, 0.1) is 12.6 Å². The van der Waals surface area contributed by atoms with Crippen molar-refractivity contribution in [3.05, 3.63) is 35.9 Å². The van der Waals surface area contributed by atoms with Crippen LogP contribution in [0.4, 0.5) is 0 Å². The number of benzene rings is 1. The minimum Gasteiger partial charge on any atom is -0.394 e. The number of hydrogen-bond acceptors (Lipinski definition) is 3. The quantitative estimate of drug-likeness (QED) is 0.608. The van der Waals surface area contributed by atoms with Crippen LogP contribution in [0, 0.1) is 0 Å². The molecule has 0 saturated carbocycles. The van der Waals surface area contributed by atoms with Crippen LogP contribution in [0.2, 0.25) is 0 Å². The highest BCUT2D eigenvalue weighted by Gasteiger charge is 2.20. The molecule has 0 aromatic heterocycles. The van der Waals surface area contributed by atoms with Gasteiger partial charge in [-0.2, -0.15) is 5.10 Å². The predicted octanol–water partition coefficient (Wildman–Crippen LogP) is 1.15. The van der Waals surface area contributed by atoms with Gasteiger partial charge in [0, 0.05) is 12.1 Å². The van der Waals surface area contributed by atoms with Gasteiger partial charge in [0.15, 0.2) is 5.84 Å². The van der Waals surface area contributed by atoms with Gasteiger partial charge >= 0.3 is 0 Å². The van der Waals surface area contributed by atoms with Crippen LogP contribution in [0.25, 0.3) is 0 Å². The Balaban J connectivity index is 2.12. The van der Waals surface area contributed by atoms with Crippen LogP contribution in [-0.4, -0.2) is 35.1 Å². The highest BCUT2D eigenvalue weighted by Crippen LogP contribution is 2.17. The molecule has 17 heavy (non-hydrogen) atoms. The third-order valence-corrected chi connectivity index (χ3v) is 3.11. The SMILES string of the molecule is N/C(=N\N1CCCCC1CO)c1ccccc1. The van der Waals surface area contributed by atoms with E-state index in [-0.39, 0.29) is 12.6 Å². The van der Waals surface area contributed by atoms with Crippen LogP contribution in [0.1, 0.15) is 24.8 Å². The van der Waals surface area contributed by atoms with Crippen LogP contribution < -0.4 is 5.73 Å². The van der Waals surface area contributed by atoms with E-state index in [0.29, 0.717) is 5.84 Å². The maximum atomic E-state index is 9.29. The molecular formula is C13H19N3O. The Bertz CT molecular complexity index is 378. The fourth-order valence-corrected chi connectivity index (χ4v) is 2.11. The fraction of sp³-hybridized carbons (Fsp3) is 0.462. The number of hydrazone groups is 1. The molecule has 0 amide bonds. The lowest BCUT2D eigenvalue weighted by Crippen LogP contribution is -2.39. The molecule has 1 aliphatic rings. The second-order valence-electron chi connectivity index (χ2n) is 4.35. The molecule has 0 radical (unpaired) electrons. The smallest absolute Gasteiger partial charge is 0.150 e. The van der Waals surface area contributed by atoms with E-state index in [4.69, 9.17) is 5.73 Å². The second-order valence-corrected chi connectivity index (χ2v) is 4.35. The Kier molecular flexibility index (Phi) is 3.98. The van der Waals surface area contributed by atoms with Gasteiger partial charge in [-0.1, -0.05) is 30.3 Å². The molecule has 4 nitrogen and oxygen atoms in total. The summed E-state index contributed by atoms with van der Waals surface area (Å²) in [5.41, 5.74) is 6.90. The van der Waals surface area contributed by atoms with Crippen molar-refractivity contribution < 1.29 is 5.11 Å². The van der Waals surface area contributed by atoms with Gasteiger partial charge in [-0.25, -0.2) is 0 Å². The largest absolute Gasteiger partial charge is 0.394 e. The molecule has 1 aromatic rings. The maximum absolute atomic E-state index is 9.29. The number of hydrogen-bond donors (Lipinski definition) is 2. The predicted molar refractivity (Wildman–Crippen MR) is 68.6 cm³/mol. The van der Waals surface area contributed by atoms with E-state index < -0.39 is 0 Å². The van der Waals surface area contributed by atoms with Gasteiger partial charge in [0.1, 0.15) is 0 Å². The summed E-state index contributed by atoms with van der Waals surface area (Å²) in [6, 6.07) is 9.84. The van der Waals surface area contributed by atoms with Crippen LogP contribution in [0.3, 0.4) is 0 Å². The standard InChI is InChI=1S/C13H19N3O/c14-13(11-6-2-1-3-7-11)15-16-9-5-4-8-12(16)10-17/h1-3,6-7,12,17H,4-5,8-10H2,(H2,14,15). The summed E-state index contributed by atoms with van der Waals surface area (Å²) in [6.07, 6.45) is 3.26. The van der Waals surface area contributed by atoms with Gasteiger partial charge in [0.2, 0.25) is 0 Å². The minimum absolute atomic E-state index is 0.117. The van der Waals surface area contributed by atoms with E-state index >= 15 is 0 Å². The topological polar surface area (TPSA) is 61.8 Å². The summed E-state index contributed by atoms with van der Waals surface area (Å²) in [5.74, 6) is 0.519. The summed E-state index contributed by atoms with van der Waals surface area (Å²) < 4.78 is 0. The zero-order valence-corrected chi connectivity index (χ0v) is 9.92. The third-order valence-electron chi connectivity index (χ3n) is 3.11. The molecule has 1 aromatic carbocycles. The monoisotopic (exact) mass is 233 g/mol. The highest BCUT2D eigenvalue weighted by molar-refractivity contribution is 5.97. The zero-order chi connectivity index (χ0) is 12.1. The van der Waals surface area contributed by atoms with Crippen molar-refractivity contribution in [2.24, 2.45) is 10.8 Å². The Morgan fingerprint density at radius 1 is 1.35 bits per heavy atom. The molecule has 0 aliphatic carbocycles. The van der Waals surface area contributed by atoms with Crippen LogP contribution in [-0.2, 0) is 0 Å². The highest BCUT2D eigenvalue weighted by atomic mass is 16.3. The normalized spacial score (nSPS) is 21.6. The van der Waals surface area contributed by atoms with Crippen molar-refractivity contribution >= 4 is 5.84 Å². The van der Waals surface area contributed by atoms with Gasteiger partial charge in [-0.3, -0.25) is 5.01 Å². The first-order valence-electron chi connectivity index (χ1n) is 6.08. The first-order valence-corrected chi connectivity index (χ1v) is 6.08. The number of nitrogens with zero attached hydrogens (tertiary/aromatic N) is 2. The first-order chi connectivity index (χ1) is 8.31. The molecule has 1 aliphatic heterocycles. The van der Waals surface area contributed by atoms with E-state index in [1.807, 2.05) is 35.3 Å². The van der Waals surface area contributed by atoms with Crippen molar-refractivity contribution in [3.8, 4) is 0 Å². The van der Waals surface area contributed by atoms with Crippen molar-refractivity contribution in [2.75, 3.05) is 13.2 Å². The minimum atomic E-state index is 0.117. The summed E-state index contributed by atoms with van der Waals surface area (Å²) in [5, 5.41) is 15.6. The number of nitrogens with two attached hydrogens (primary N) is 1. The molecule has 92 valence electrons. The number of rotatable bonds is 3. The molecule has 2 rings (SSSR count). The molecule has 1 heterocycles. The van der Waals surface area contributed by atoms with Crippen molar-refractivity contribution in [1.29, 1.82) is 0 Å². The molecule has 4 heteroatoms. The van der Waals surface area contributed by atoms with Crippen molar-refractivity contribution in [1.82, 2.24) is 5.01 Å². The van der Waals surface area contributed by atoms with E-state index in [2.05, 4.69) is 5.10 Å². The molecule has 1 saturated heterocycles. The molecule has 1 unspecified atom stereocenters. The lowest BCUT2D eigenvalue weighted by atomic mass is 10.1. The second kappa shape index (κ2) is 5.68. The van der Waals surface area contributed by atoms with Gasteiger partial charge in [0.25, 0.3) is 0 Å². The van der Waals surface area contributed by atoms with Gasteiger partial charge in [-0.15, -0.1) is 0 Å². The van der Waals surface area contributed by atoms with E-state index in [1.165, 1.54) is 0 Å². The summed E-state index contributed by atoms with van der Waals surface area (Å²) in [6.45, 7) is 1.02. The average molecular weight is 233 g/mol. The molecule has 1 fully saturated rings. The van der Waals surface area contributed by atoms with Crippen molar-refractivity contribution in [2.45, 2.75) is 25.3 Å². The number of aliphatic hydroxyl groups excluding tert-OH is 1. The summed E-state index contributed by atoms with van der Waals surface area (Å²) >= 11 is 0. The van der Waals surface area contributed by atoms with Crippen molar-refractivity contribution in [3.63, 3.8) is 0 Å². The zero-order valence-electron chi connectivity index (χ0n) is 9.92. The lowest BCUT2D eigenvalue weighted by Gasteiger charge is -2.32. The number of aliphatic hydroxyl groups is 1. The molecule has 0 bridgehead atoms. The van der Waals surface area contributed by atoms with Gasteiger partial charge < -0.3 is 10.8 Å². The summed E-state index contributed by atoms with van der Waals surface area (Å²) in [4.78, 5) is 0. The Hall–Kier alpha value is -1.55. The first kappa shape index (κ1) is 11.9.